The van der Waals surface area contributed by atoms with E-state index in [4.69, 9.17) is 9.47 Å². The lowest BCUT2D eigenvalue weighted by molar-refractivity contribution is -0.131. The summed E-state index contributed by atoms with van der Waals surface area (Å²) < 4.78 is 10.5. The molecule has 1 aliphatic heterocycles. The van der Waals surface area contributed by atoms with Crippen LogP contribution in [0.2, 0.25) is 0 Å². The van der Waals surface area contributed by atoms with Gasteiger partial charge >= 0.3 is 0 Å². The minimum Gasteiger partial charge on any atom is -0.454 e. The Morgan fingerprint density at radius 2 is 2.05 bits per heavy atom. The van der Waals surface area contributed by atoms with Gasteiger partial charge in [-0.1, -0.05) is 0 Å². The molecule has 0 N–H and O–H groups in total. The van der Waals surface area contributed by atoms with E-state index in [-0.39, 0.29) is 18.5 Å². The molecule has 2 rings (SSSR count). The number of ketones is 1. The van der Waals surface area contributed by atoms with Crippen molar-refractivity contribution in [1.29, 1.82) is 0 Å². The molecule has 0 bridgehead atoms. The molecule has 120 valence electrons. The monoisotopic (exact) mass is 323 g/mol. The van der Waals surface area contributed by atoms with E-state index < -0.39 is 6.04 Å². The number of hydrogen-bond donors (Lipinski definition) is 0. The van der Waals surface area contributed by atoms with Gasteiger partial charge in [-0.05, 0) is 43.6 Å². The summed E-state index contributed by atoms with van der Waals surface area (Å²) in [4.78, 5) is 26.1. The highest BCUT2D eigenvalue weighted by atomic mass is 32.2. The van der Waals surface area contributed by atoms with Crippen LogP contribution in [0.1, 0.15) is 30.1 Å². The van der Waals surface area contributed by atoms with Gasteiger partial charge in [-0.15, -0.1) is 0 Å². The van der Waals surface area contributed by atoms with Crippen molar-refractivity contribution in [3.05, 3.63) is 23.8 Å². The van der Waals surface area contributed by atoms with Gasteiger partial charge in [-0.2, -0.15) is 11.8 Å². The van der Waals surface area contributed by atoms with Crippen molar-refractivity contribution in [3.63, 3.8) is 0 Å². The van der Waals surface area contributed by atoms with Gasteiger partial charge in [-0.25, -0.2) is 0 Å². The number of carbonyl (C=O) groups is 2. The van der Waals surface area contributed by atoms with E-state index in [0.29, 0.717) is 23.5 Å². The molecular weight excluding hydrogens is 302 g/mol. The lowest BCUT2D eigenvalue weighted by Crippen LogP contribution is -2.40. The van der Waals surface area contributed by atoms with Crippen LogP contribution in [0.25, 0.3) is 0 Å². The first-order chi connectivity index (χ1) is 10.5. The molecule has 0 radical (unpaired) electrons. The highest BCUT2D eigenvalue weighted by Crippen LogP contribution is 2.32. The Morgan fingerprint density at radius 1 is 1.32 bits per heavy atom. The first-order valence-corrected chi connectivity index (χ1v) is 8.62. The average Bonchev–Trinajstić information content (AvgIpc) is 3.00. The number of nitrogens with zero attached hydrogens (tertiary/aromatic N) is 1. The molecule has 1 atom stereocenters. The molecular formula is C16H21NO4S. The van der Waals surface area contributed by atoms with Crippen molar-refractivity contribution in [3.8, 4) is 11.5 Å². The number of likely N-dealkylation sites (N-methyl/N-ethyl adjacent to an activating group) is 1. The second-order valence-electron chi connectivity index (χ2n) is 5.21. The number of amides is 1. The zero-order valence-electron chi connectivity index (χ0n) is 13.1. The quantitative estimate of drug-likeness (QED) is 0.570. The third-order valence-corrected chi connectivity index (χ3v) is 4.45. The molecule has 0 aromatic heterocycles. The Hall–Kier alpha value is -1.69. The molecule has 1 aliphatic rings. The van der Waals surface area contributed by atoms with Crippen molar-refractivity contribution < 1.29 is 19.1 Å². The zero-order valence-corrected chi connectivity index (χ0v) is 13.9. The number of Topliss-reactive ketones (excluding diaryl/α,β-unsaturated/α-hetero) is 1. The molecule has 1 aromatic carbocycles. The minimum atomic E-state index is -0.498. The number of hydrogen-bond acceptors (Lipinski definition) is 5. The number of benzene rings is 1. The summed E-state index contributed by atoms with van der Waals surface area (Å²) in [7, 11) is 1.68. The van der Waals surface area contributed by atoms with Crippen LogP contribution in [-0.2, 0) is 4.79 Å². The number of carbonyl (C=O) groups excluding carboxylic acids is 2. The van der Waals surface area contributed by atoms with Crippen molar-refractivity contribution in [2.75, 3.05) is 25.8 Å². The smallest absolute Gasteiger partial charge is 0.231 e. The average molecular weight is 323 g/mol. The molecule has 22 heavy (non-hydrogen) atoms. The molecule has 1 heterocycles. The Labute approximate surface area is 135 Å². The van der Waals surface area contributed by atoms with Gasteiger partial charge in [0, 0.05) is 19.0 Å². The van der Waals surface area contributed by atoms with E-state index in [0.717, 1.165) is 12.2 Å². The standard InChI is InChI=1S/C16H21NO4S/c1-11(17(2)15(18)5-4-8-22-3)16(19)12-6-7-13-14(9-12)21-10-20-13/h6-7,9,11H,4-5,8,10H2,1-3H3. The first-order valence-electron chi connectivity index (χ1n) is 7.23. The normalized spacial score (nSPS) is 13.8. The fraction of sp³-hybridized carbons (Fsp3) is 0.500. The van der Waals surface area contributed by atoms with Crippen LogP contribution in [0.4, 0.5) is 0 Å². The Balaban J connectivity index is 2.00. The number of thioether (sulfide) groups is 1. The van der Waals surface area contributed by atoms with E-state index in [1.54, 1.807) is 43.9 Å². The van der Waals surface area contributed by atoms with E-state index >= 15 is 0 Å². The van der Waals surface area contributed by atoms with Gasteiger partial charge in [0.2, 0.25) is 12.7 Å². The van der Waals surface area contributed by atoms with Gasteiger partial charge < -0.3 is 14.4 Å². The summed E-state index contributed by atoms with van der Waals surface area (Å²) in [6, 6.07) is 4.61. The lowest BCUT2D eigenvalue weighted by atomic mass is 10.0. The molecule has 0 aliphatic carbocycles. The molecule has 0 fully saturated rings. The van der Waals surface area contributed by atoms with Crippen molar-refractivity contribution in [1.82, 2.24) is 4.90 Å². The maximum atomic E-state index is 12.5. The van der Waals surface area contributed by atoms with Crippen LogP contribution >= 0.6 is 11.8 Å². The highest BCUT2D eigenvalue weighted by Gasteiger charge is 2.25. The van der Waals surface area contributed by atoms with E-state index in [1.807, 2.05) is 6.26 Å². The van der Waals surface area contributed by atoms with Crippen LogP contribution in [0, 0.1) is 0 Å². The summed E-state index contributed by atoms with van der Waals surface area (Å²) in [5.74, 6) is 2.07. The molecule has 6 heteroatoms. The third-order valence-electron chi connectivity index (χ3n) is 3.75. The number of ether oxygens (including phenoxy) is 2. The molecule has 1 aromatic rings. The summed E-state index contributed by atoms with van der Waals surface area (Å²) in [6.07, 6.45) is 3.31. The van der Waals surface area contributed by atoms with Crippen LogP contribution < -0.4 is 9.47 Å². The van der Waals surface area contributed by atoms with Crippen molar-refractivity contribution >= 4 is 23.5 Å². The number of rotatable bonds is 7. The van der Waals surface area contributed by atoms with Gasteiger partial charge in [0.1, 0.15) is 0 Å². The first kappa shape index (κ1) is 16.7. The topological polar surface area (TPSA) is 55.8 Å². The molecule has 0 saturated heterocycles. The van der Waals surface area contributed by atoms with E-state index in [1.165, 1.54) is 4.90 Å². The summed E-state index contributed by atoms with van der Waals surface area (Å²) >= 11 is 1.71. The SMILES string of the molecule is CSCCCC(=O)N(C)C(C)C(=O)c1ccc2c(c1)OCO2. The Bertz CT molecular complexity index is 561. The van der Waals surface area contributed by atoms with Crippen LogP contribution in [0.3, 0.4) is 0 Å². The van der Waals surface area contributed by atoms with Crippen LogP contribution in [0.15, 0.2) is 18.2 Å². The number of fused-ring (bicyclic) bond motifs is 1. The van der Waals surface area contributed by atoms with Gasteiger partial charge in [0.25, 0.3) is 0 Å². The molecule has 1 amide bonds. The van der Waals surface area contributed by atoms with E-state index in [2.05, 4.69) is 0 Å². The largest absolute Gasteiger partial charge is 0.454 e. The minimum absolute atomic E-state index is 0.00403. The molecule has 0 saturated carbocycles. The molecule has 1 unspecified atom stereocenters. The maximum Gasteiger partial charge on any atom is 0.231 e. The Morgan fingerprint density at radius 3 is 2.77 bits per heavy atom. The van der Waals surface area contributed by atoms with Crippen LogP contribution in [0.5, 0.6) is 11.5 Å². The van der Waals surface area contributed by atoms with E-state index in [9.17, 15) is 9.59 Å². The zero-order chi connectivity index (χ0) is 16.1. The summed E-state index contributed by atoms with van der Waals surface area (Å²) in [5.41, 5.74) is 0.528. The highest BCUT2D eigenvalue weighted by molar-refractivity contribution is 7.98. The second kappa shape index (κ2) is 7.54. The second-order valence-corrected chi connectivity index (χ2v) is 6.19. The molecule has 0 spiro atoms. The van der Waals surface area contributed by atoms with Gasteiger partial charge in [0.05, 0.1) is 6.04 Å². The summed E-state index contributed by atoms with van der Waals surface area (Å²) in [5, 5.41) is 0. The van der Waals surface area contributed by atoms with Crippen LogP contribution in [-0.4, -0.2) is 48.5 Å². The third kappa shape index (κ3) is 3.74. The molecule has 5 nitrogen and oxygen atoms in total. The van der Waals surface area contributed by atoms with Gasteiger partial charge in [0.15, 0.2) is 17.3 Å². The maximum absolute atomic E-state index is 12.5. The van der Waals surface area contributed by atoms with Crippen molar-refractivity contribution in [2.45, 2.75) is 25.8 Å². The fourth-order valence-corrected chi connectivity index (χ4v) is 2.66. The van der Waals surface area contributed by atoms with Crippen molar-refractivity contribution in [2.24, 2.45) is 0 Å². The van der Waals surface area contributed by atoms with Gasteiger partial charge in [-0.3, -0.25) is 9.59 Å². The Kier molecular flexibility index (Phi) is 5.71. The predicted molar refractivity (Wildman–Crippen MR) is 86.7 cm³/mol. The summed E-state index contributed by atoms with van der Waals surface area (Å²) in [6.45, 7) is 1.93. The lowest BCUT2D eigenvalue weighted by Gasteiger charge is -2.24. The predicted octanol–water partition coefficient (Wildman–Crippen LogP) is 2.59. The fourth-order valence-electron chi connectivity index (χ4n) is 2.23.